The number of piperidine rings is 3. The van der Waals surface area contributed by atoms with Crippen molar-refractivity contribution in [3.05, 3.63) is 35.5 Å². The van der Waals surface area contributed by atoms with Gasteiger partial charge in [-0.25, -0.2) is 0 Å². The number of aliphatic hydroxyl groups is 2. The molecular formula is C19H24N2O2. The summed E-state index contributed by atoms with van der Waals surface area (Å²) in [6.07, 6.45) is 2.07. The number of para-hydroxylation sites is 1. The number of aliphatic hydroxyl groups excluding tert-OH is 2. The van der Waals surface area contributed by atoms with E-state index in [4.69, 9.17) is 0 Å². The third kappa shape index (κ3) is 1.66. The second-order valence-electron chi connectivity index (χ2n) is 7.63. The number of hydrogen-bond donors (Lipinski definition) is 3. The molecule has 0 aliphatic carbocycles. The van der Waals surface area contributed by atoms with Gasteiger partial charge in [-0.1, -0.05) is 18.2 Å². The fraction of sp³-hybridized carbons (Fsp3) is 0.579. The molecule has 0 amide bonds. The van der Waals surface area contributed by atoms with E-state index in [0.29, 0.717) is 35.9 Å². The van der Waals surface area contributed by atoms with Crippen molar-refractivity contribution < 1.29 is 10.2 Å². The second-order valence-corrected chi connectivity index (χ2v) is 7.63. The minimum atomic E-state index is 0.234. The second kappa shape index (κ2) is 4.82. The Morgan fingerprint density at radius 1 is 1.17 bits per heavy atom. The van der Waals surface area contributed by atoms with Gasteiger partial charge in [0.05, 0.1) is 6.04 Å². The van der Waals surface area contributed by atoms with Gasteiger partial charge in [-0.2, -0.15) is 0 Å². The Bertz CT molecular complexity index is 755. The number of aromatic amines is 1. The Hall–Kier alpha value is -1.36. The molecule has 4 aliphatic rings. The normalized spacial score (nSPS) is 41.3. The van der Waals surface area contributed by atoms with E-state index in [1.807, 2.05) is 0 Å². The molecule has 3 fully saturated rings. The van der Waals surface area contributed by atoms with Crippen molar-refractivity contribution in [1.82, 2.24) is 9.88 Å². The molecule has 4 bridgehead atoms. The molecule has 0 radical (unpaired) electrons. The van der Waals surface area contributed by atoms with E-state index in [0.717, 1.165) is 12.8 Å². The van der Waals surface area contributed by atoms with Crippen LogP contribution in [0.2, 0.25) is 0 Å². The average Bonchev–Trinajstić information content (AvgIpc) is 2.94. The predicted octanol–water partition coefficient (Wildman–Crippen LogP) is 2.07. The first-order valence-corrected chi connectivity index (χ1v) is 8.83. The SMILES string of the molecule is C[C@H]1[C@H](CO)[C@@H]2C[C@H]3c4[nH]c5ccccc5c4C[C@@H]([C@@H]2CO)N31. The van der Waals surface area contributed by atoms with Gasteiger partial charge in [-0.05, 0) is 37.3 Å². The van der Waals surface area contributed by atoms with Gasteiger partial charge in [0.2, 0.25) is 0 Å². The zero-order chi connectivity index (χ0) is 15.7. The minimum absolute atomic E-state index is 0.234. The monoisotopic (exact) mass is 312 g/mol. The maximum atomic E-state index is 10.0. The van der Waals surface area contributed by atoms with E-state index in [1.165, 1.54) is 22.2 Å². The van der Waals surface area contributed by atoms with Gasteiger partial charge in [0, 0.05) is 53.7 Å². The van der Waals surface area contributed by atoms with E-state index in [9.17, 15) is 10.2 Å². The van der Waals surface area contributed by atoms with Crippen molar-refractivity contribution in [2.45, 2.75) is 37.9 Å². The first-order valence-electron chi connectivity index (χ1n) is 8.83. The lowest BCUT2D eigenvalue weighted by Crippen LogP contribution is -2.67. The van der Waals surface area contributed by atoms with Crippen LogP contribution in [0.1, 0.15) is 30.6 Å². The molecule has 4 heteroatoms. The molecule has 4 aliphatic heterocycles. The largest absolute Gasteiger partial charge is 0.396 e. The highest BCUT2D eigenvalue weighted by Crippen LogP contribution is 2.56. The predicted molar refractivity (Wildman–Crippen MR) is 89.1 cm³/mol. The standard InChI is InChI=1S/C19H24N2O2/c1-10-14(8-22)12-6-18-19-13(7-17(21(10)18)15(12)9-23)11-4-2-3-5-16(11)20-19/h2-5,10,12,14-15,17-18,20,22-23H,6-9H2,1H3/t10-,12-,14-,15+,17-,18-/m0/s1. The summed E-state index contributed by atoms with van der Waals surface area (Å²) in [5, 5.41) is 21.2. The van der Waals surface area contributed by atoms with Gasteiger partial charge in [-0.15, -0.1) is 0 Å². The molecule has 2 aromatic rings. The van der Waals surface area contributed by atoms with Crippen LogP contribution < -0.4 is 0 Å². The number of nitrogens with one attached hydrogen (secondary N) is 1. The summed E-state index contributed by atoms with van der Waals surface area (Å²) in [4.78, 5) is 6.27. The molecule has 1 aromatic carbocycles. The molecule has 5 heterocycles. The zero-order valence-electron chi connectivity index (χ0n) is 13.4. The number of hydrogen-bond acceptors (Lipinski definition) is 3. The number of rotatable bonds is 2. The smallest absolute Gasteiger partial charge is 0.0510 e. The van der Waals surface area contributed by atoms with Gasteiger partial charge in [0.15, 0.2) is 0 Å². The molecule has 122 valence electrons. The van der Waals surface area contributed by atoms with Crippen LogP contribution in [0.3, 0.4) is 0 Å². The van der Waals surface area contributed by atoms with Crippen molar-refractivity contribution in [2.75, 3.05) is 13.2 Å². The fourth-order valence-corrected chi connectivity index (χ4v) is 5.95. The molecule has 3 N–H and O–H groups in total. The van der Waals surface area contributed by atoms with Crippen LogP contribution in [0, 0.1) is 17.8 Å². The average molecular weight is 312 g/mol. The molecule has 0 spiro atoms. The quantitative estimate of drug-likeness (QED) is 0.796. The summed E-state index contributed by atoms with van der Waals surface area (Å²) in [6.45, 7) is 2.73. The molecule has 1 aromatic heterocycles. The van der Waals surface area contributed by atoms with E-state index in [1.54, 1.807) is 0 Å². The number of fused-ring (bicyclic) bond motifs is 4. The summed E-state index contributed by atoms with van der Waals surface area (Å²) >= 11 is 0. The van der Waals surface area contributed by atoms with Gasteiger partial charge in [-0.3, -0.25) is 4.90 Å². The molecule has 1 unspecified atom stereocenters. The van der Waals surface area contributed by atoms with Crippen LogP contribution in [-0.4, -0.2) is 45.4 Å². The molecule has 6 rings (SSSR count). The van der Waals surface area contributed by atoms with E-state index < -0.39 is 0 Å². The van der Waals surface area contributed by atoms with Crippen molar-refractivity contribution in [2.24, 2.45) is 17.8 Å². The molecule has 4 nitrogen and oxygen atoms in total. The van der Waals surface area contributed by atoms with E-state index in [2.05, 4.69) is 41.1 Å². The van der Waals surface area contributed by atoms with Crippen molar-refractivity contribution in [3.63, 3.8) is 0 Å². The summed E-state index contributed by atoms with van der Waals surface area (Å²) in [7, 11) is 0. The van der Waals surface area contributed by atoms with Crippen LogP contribution in [0.15, 0.2) is 24.3 Å². The first-order chi connectivity index (χ1) is 11.2. The van der Waals surface area contributed by atoms with E-state index in [-0.39, 0.29) is 13.2 Å². The van der Waals surface area contributed by atoms with Crippen LogP contribution in [0.25, 0.3) is 10.9 Å². The Labute approximate surface area is 136 Å². The Morgan fingerprint density at radius 2 is 1.96 bits per heavy atom. The molecule has 23 heavy (non-hydrogen) atoms. The topological polar surface area (TPSA) is 59.5 Å². The highest BCUT2D eigenvalue weighted by Gasteiger charge is 2.57. The van der Waals surface area contributed by atoms with Crippen molar-refractivity contribution >= 4 is 10.9 Å². The summed E-state index contributed by atoms with van der Waals surface area (Å²) < 4.78 is 0. The summed E-state index contributed by atoms with van der Waals surface area (Å²) in [6, 6.07) is 9.79. The lowest BCUT2D eigenvalue weighted by molar-refractivity contribution is -0.154. The van der Waals surface area contributed by atoms with Gasteiger partial charge < -0.3 is 15.2 Å². The maximum Gasteiger partial charge on any atom is 0.0510 e. The van der Waals surface area contributed by atoms with Crippen LogP contribution >= 0.6 is 0 Å². The minimum Gasteiger partial charge on any atom is -0.396 e. The number of H-pyrrole nitrogens is 1. The van der Waals surface area contributed by atoms with Crippen LogP contribution in [-0.2, 0) is 6.42 Å². The third-order valence-electron chi connectivity index (χ3n) is 6.94. The van der Waals surface area contributed by atoms with Crippen molar-refractivity contribution in [1.29, 1.82) is 0 Å². The molecule has 3 saturated heterocycles. The number of nitrogens with zero attached hydrogens (tertiary/aromatic N) is 1. The third-order valence-corrected chi connectivity index (χ3v) is 6.94. The lowest BCUT2D eigenvalue weighted by Gasteiger charge is -2.63. The van der Waals surface area contributed by atoms with E-state index >= 15 is 0 Å². The first kappa shape index (κ1) is 14.0. The van der Waals surface area contributed by atoms with Crippen LogP contribution in [0.5, 0.6) is 0 Å². The highest BCUT2D eigenvalue weighted by molar-refractivity contribution is 5.85. The Morgan fingerprint density at radius 3 is 2.74 bits per heavy atom. The Kier molecular flexibility index (Phi) is 2.94. The maximum absolute atomic E-state index is 10.0. The lowest BCUT2D eigenvalue weighted by atomic mass is 9.60. The summed E-state index contributed by atoms with van der Waals surface area (Å²) in [5.41, 5.74) is 4.07. The van der Waals surface area contributed by atoms with Crippen LogP contribution in [0.4, 0.5) is 0 Å². The zero-order valence-corrected chi connectivity index (χ0v) is 13.4. The number of benzene rings is 1. The molecule has 0 saturated carbocycles. The fourth-order valence-electron chi connectivity index (χ4n) is 5.95. The Balaban J connectivity index is 1.68. The van der Waals surface area contributed by atoms with Gasteiger partial charge in [0.1, 0.15) is 0 Å². The van der Waals surface area contributed by atoms with Crippen molar-refractivity contribution in [3.8, 4) is 0 Å². The highest BCUT2D eigenvalue weighted by atomic mass is 16.3. The number of aromatic nitrogens is 1. The van der Waals surface area contributed by atoms with Gasteiger partial charge in [0.25, 0.3) is 0 Å². The van der Waals surface area contributed by atoms with Gasteiger partial charge >= 0.3 is 0 Å². The molecular weight excluding hydrogens is 288 g/mol. The molecule has 7 atom stereocenters. The summed E-state index contributed by atoms with van der Waals surface area (Å²) in [5.74, 6) is 1.02.